The molecule has 0 saturated heterocycles. The number of benzene rings is 2. The van der Waals surface area contributed by atoms with E-state index in [-0.39, 0.29) is 11.4 Å². The van der Waals surface area contributed by atoms with Crippen LogP contribution in [0.2, 0.25) is 0 Å². The summed E-state index contributed by atoms with van der Waals surface area (Å²) in [5, 5.41) is 21.0. The molecule has 0 bridgehead atoms. The predicted octanol–water partition coefficient (Wildman–Crippen LogP) is 4.54. The Labute approximate surface area is 153 Å². The molecule has 1 aromatic heterocycles. The van der Waals surface area contributed by atoms with Crippen LogP contribution >= 0.6 is 21.5 Å². The van der Waals surface area contributed by atoms with Crippen LogP contribution in [0.5, 0.6) is 5.75 Å². The number of phenolic OH excluding ortho intramolecular Hbond substituents is 1. The molecule has 2 N–H and O–H groups in total. The summed E-state index contributed by atoms with van der Waals surface area (Å²) in [6.07, 6.45) is 0. The fraction of sp³-hybridized carbons (Fsp3) is 0.176. The quantitative estimate of drug-likeness (QED) is 0.401. The first-order chi connectivity index (χ1) is 12.0. The Balaban J connectivity index is 0.00000109. The van der Waals surface area contributed by atoms with E-state index in [1.54, 1.807) is 10.6 Å². The Morgan fingerprint density at radius 1 is 1.24 bits per heavy atom. The summed E-state index contributed by atoms with van der Waals surface area (Å²) in [5.41, 5.74) is 2.48. The lowest BCUT2D eigenvalue weighted by Gasteiger charge is -2.11. The number of rotatable bonds is 3. The molecule has 2 aromatic carbocycles. The van der Waals surface area contributed by atoms with E-state index in [9.17, 15) is 10.0 Å². The molecule has 8 heteroatoms. The van der Waals surface area contributed by atoms with Gasteiger partial charge < -0.3 is 5.11 Å². The zero-order valence-corrected chi connectivity index (χ0v) is 16.1. The second-order valence-corrected chi connectivity index (χ2v) is 6.08. The van der Waals surface area contributed by atoms with Crippen molar-refractivity contribution in [3.8, 4) is 22.8 Å². The van der Waals surface area contributed by atoms with Gasteiger partial charge in [0.25, 0.3) is 0 Å². The third kappa shape index (κ3) is 3.83. The van der Waals surface area contributed by atoms with E-state index < -0.39 is 0 Å². The standard InChI is InChI=1S/C15H13N4O2PS.C2H6/c1-8-6-10(22)3-5-12(8)19-14(16-17-15(19)23)11-4-2-9(18-21)7-13(11)20;1-2/h2-7,20H,22H2,1H3,(H,17,23);1-2H3. The fourth-order valence-corrected chi connectivity index (χ4v) is 2.97. The summed E-state index contributed by atoms with van der Waals surface area (Å²) < 4.78 is 2.16. The summed E-state index contributed by atoms with van der Waals surface area (Å²) in [4.78, 5) is 10.6. The number of H-pyrrole nitrogens is 1. The monoisotopic (exact) mass is 374 g/mol. The summed E-state index contributed by atoms with van der Waals surface area (Å²) >= 11 is 5.33. The molecule has 0 radical (unpaired) electrons. The second-order valence-electron chi connectivity index (χ2n) is 5.03. The molecule has 0 saturated carbocycles. The molecule has 3 rings (SSSR count). The van der Waals surface area contributed by atoms with Crippen molar-refractivity contribution in [1.29, 1.82) is 0 Å². The van der Waals surface area contributed by atoms with Crippen LogP contribution in [0.1, 0.15) is 19.4 Å². The van der Waals surface area contributed by atoms with Gasteiger partial charge in [-0.15, -0.1) is 14.1 Å². The highest BCUT2D eigenvalue weighted by atomic mass is 32.1. The molecule has 0 aliphatic rings. The van der Waals surface area contributed by atoms with Gasteiger partial charge in [0.05, 0.1) is 11.3 Å². The van der Waals surface area contributed by atoms with Crippen molar-refractivity contribution in [2.24, 2.45) is 5.18 Å². The van der Waals surface area contributed by atoms with Crippen molar-refractivity contribution in [2.75, 3.05) is 0 Å². The van der Waals surface area contributed by atoms with Crippen molar-refractivity contribution in [3.63, 3.8) is 0 Å². The van der Waals surface area contributed by atoms with Gasteiger partial charge >= 0.3 is 0 Å². The summed E-state index contributed by atoms with van der Waals surface area (Å²) in [6, 6.07) is 10.3. The van der Waals surface area contributed by atoms with Crippen molar-refractivity contribution >= 4 is 32.4 Å². The topological polar surface area (TPSA) is 83.3 Å². The molecule has 0 aliphatic carbocycles. The van der Waals surface area contributed by atoms with Crippen molar-refractivity contribution in [1.82, 2.24) is 14.8 Å². The van der Waals surface area contributed by atoms with Gasteiger partial charge in [-0.2, -0.15) is 5.10 Å². The zero-order valence-electron chi connectivity index (χ0n) is 14.1. The number of aromatic nitrogens is 3. The number of hydrogen-bond acceptors (Lipinski definition) is 5. The van der Waals surface area contributed by atoms with E-state index >= 15 is 0 Å². The Bertz CT molecular complexity index is 966. The highest BCUT2D eigenvalue weighted by molar-refractivity contribution is 7.71. The molecule has 1 unspecified atom stereocenters. The van der Waals surface area contributed by atoms with Gasteiger partial charge in [0.1, 0.15) is 11.4 Å². The summed E-state index contributed by atoms with van der Waals surface area (Å²) in [5.74, 6) is 0.377. The van der Waals surface area contributed by atoms with E-state index in [0.29, 0.717) is 16.2 Å². The Morgan fingerprint density at radius 2 is 1.96 bits per heavy atom. The number of phenols is 1. The van der Waals surface area contributed by atoms with Crippen LogP contribution in [0.15, 0.2) is 41.6 Å². The minimum atomic E-state index is -0.0855. The second kappa shape index (κ2) is 8.14. The lowest BCUT2D eigenvalue weighted by atomic mass is 10.1. The van der Waals surface area contributed by atoms with E-state index in [1.807, 2.05) is 39.0 Å². The zero-order chi connectivity index (χ0) is 18.6. The van der Waals surface area contributed by atoms with Crippen LogP contribution < -0.4 is 5.30 Å². The average molecular weight is 374 g/mol. The maximum absolute atomic E-state index is 10.6. The number of aryl methyl sites for hydroxylation is 1. The normalized spacial score (nSPS) is 10.1. The molecule has 0 spiro atoms. The van der Waals surface area contributed by atoms with Gasteiger partial charge in [0, 0.05) is 6.07 Å². The van der Waals surface area contributed by atoms with Crippen molar-refractivity contribution in [3.05, 3.63) is 51.6 Å². The summed E-state index contributed by atoms with van der Waals surface area (Å²) in [6.45, 7) is 5.97. The van der Waals surface area contributed by atoms with E-state index in [4.69, 9.17) is 12.2 Å². The molecule has 25 heavy (non-hydrogen) atoms. The van der Waals surface area contributed by atoms with Crippen molar-refractivity contribution < 1.29 is 5.11 Å². The van der Waals surface area contributed by atoms with Gasteiger partial charge in [-0.1, -0.05) is 26.0 Å². The lowest BCUT2D eigenvalue weighted by Crippen LogP contribution is -2.03. The van der Waals surface area contributed by atoms with Gasteiger partial charge in [-0.25, -0.2) is 0 Å². The Morgan fingerprint density at radius 3 is 2.56 bits per heavy atom. The number of aromatic hydroxyl groups is 1. The van der Waals surface area contributed by atoms with E-state index in [1.165, 1.54) is 12.1 Å². The minimum absolute atomic E-state index is 0.0855. The average Bonchev–Trinajstić information content (AvgIpc) is 2.98. The maximum atomic E-state index is 10.6. The molecule has 0 amide bonds. The van der Waals surface area contributed by atoms with Gasteiger partial charge in [0.2, 0.25) is 0 Å². The summed E-state index contributed by atoms with van der Waals surface area (Å²) in [7, 11) is 2.65. The number of aromatic amines is 1. The predicted molar refractivity (Wildman–Crippen MR) is 107 cm³/mol. The van der Waals surface area contributed by atoms with Crippen LogP contribution in [-0.4, -0.2) is 19.9 Å². The maximum Gasteiger partial charge on any atom is 0.200 e. The van der Waals surface area contributed by atoms with Crippen LogP contribution in [-0.2, 0) is 0 Å². The van der Waals surface area contributed by atoms with Crippen LogP contribution in [0, 0.1) is 16.6 Å². The van der Waals surface area contributed by atoms with Crippen LogP contribution in [0.4, 0.5) is 5.69 Å². The third-order valence-corrected chi connectivity index (χ3v) is 4.09. The lowest BCUT2D eigenvalue weighted by molar-refractivity contribution is 0.477. The van der Waals surface area contributed by atoms with E-state index in [2.05, 4.69) is 24.6 Å². The van der Waals surface area contributed by atoms with Crippen LogP contribution in [0.25, 0.3) is 17.1 Å². The first kappa shape index (κ1) is 19.0. The Hall–Kier alpha value is -2.37. The van der Waals surface area contributed by atoms with Gasteiger partial charge in [-0.05, 0) is 53.4 Å². The van der Waals surface area contributed by atoms with Crippen molar-refractivity contribution in [2.45, 2.75) is 20.8 Å². The molecule has 6 nitrogen and oxygen atoms in total. The number of nitrogens with zero attached hydrogens (tertiary/aromatic N) is 3. The van der Waals surface area contributed by atoms with Gasteiger partial charge in [0.15, 0.2) is 10.6 Å². The SMILES string of the molecule is CC.Cc1cc(P)ccc1-n1c(-c2ccc(N=O)cc2O)n[nH]c1=S. The highest BCUT2D eigenvalue weighted by Crippen LogP contribution is 2.33. The molecular weight excluding hydrogens is 355 g/mol. The fourth-order valence-electron chi connectivity index (χ4n) is 2.40. The molecule has 130 valence electrons. The smallest absolute Gasteiger partial charge is 0.200 e. The third-order valence-electron chi connectivity index (χ3n) is 3.46. The van der Waals surface area contributed by atoms with E-state index in [0.717, 1.165) is 16.6 Å². The largest absolute Gasteiger partial charge is 0.507 e. The van der Waals surface area contributed by atoms with Gasteiger partial charge in [-0.3, -0.25) is 9.67 Å². The molecule has 1 heterocycles. The molecule has 0 fully saturated rings. The number of hydrogen-bond donors (Lipinski definition) is 2. The number of nitrogens with one attached hydrogen (secondary N) is 1. The first-order valence-corrected chi connectivity index (χ1v) is 8.70. The Kier molecular flexibility index (Phi) is 6.17. The highest BCUT2D eigenvalue weighted by Gasteiger charge is 2.16. The van der Waals surface area contributed by atoms with Crippen LogP contribution in [0.3, 0.4) is 0 Å². The molecule has 1 atom stereocenters. The first-order valence-electron chi connectivity index (χ1n) is 7.72. The molecule has 0 aliphatic heterocycles. The minimum Gasteiger partial charge on any atom is -0.507 e. The molecule has 3 aromatic rings. The number of nitroso groups, excluding NO2 is 1. The molecular formula is C17H19N4O2PS.